The summed E-state index contributed by atoms with van der Waals surface area (Å²) in [5, 5.41) is 0. The number of carbonyl (C=O) groups is 1. The van der Waals surface area contributed by atoms with Crippen molar-refractivity contribution < 1.29 is 4.79 Å². The van der Waals surface area contributed by atoms with Gasteiger partial charge in [-0.1, -0.05) is 0 Å². The van der Waals surface area contributed by atoms with E-state index in [1.165, 1.54) is 16.8 Å². The van der Waals surface area contributed by atoms with Crippen LogP contribution in [0.3, 0.4) is 0 Å². The summed E-state index contributed by atoms with van der Waals surface area (Å²) >= 11 is 0. The number of rotatable bonds is 4. The van der Waals surface area contributed by atoms with Gasteiger partial charge in [0, 0.05) is 50.2 Å². The van der Waals surface area contributed by atoms with Crippen LogP contribution in [0.2, 0.25) is 0 Å². The Hall–Kier alpha value is -2.69. The van der Waals surface area contributed by atoms with Gasteiger partial charge in [-0.15, -0.1) is 0 Å². The van der Waals surface area contributed by atoms with Crippen LogP contribution in [0.25, 0.3) is 5.65 Å². The van der Waals surface area contributed by atoms with Crippen LogP contribution in [-0.4, -0.2) is 38.8 Å². The molecule has 3 heterocycles. The lowest BCUT2D eigenvalue weighted by atomic mass is 9.88. The van der Waals surface area contributed by atoms with Crippen molar-refractivity contribution in [2.24, 2.45) is 5.92 Å². The zero-order valence-corrected chi connectivity index (χ0v) is 15.4. The van der Waals surface area contributed by atoms with Crippen LogP contribution in [0.15, 0.2) is 42.9 Å². The topological polar surface area (TPSA) is 50.5 Å². The average Bonchev–Trinajstić information content (AvgIpc) is 3.02. The molecule has 1 aliphatic carbocycles. The first-order valence-electron chi connectivity index (χ1n) is 9.22. The van der Waals surface area contributed by atoms with E-state index in [0.29, 0.717) is 0 Å². The molecule has 1 amide bonds. The molecular weight excluding hydrogens is 324 g/mol. The van der Waals surface area contributed by atoms with Gasteiger partial charge >= 0.3 is 0 Å². The highest BCUT2D eigenvalue weighted by Gasteiger charge is 2.29. The molecule has 134 valence electrons. The number of pyridine rings is 2. The van der Waals surface area contributed by atoms with Gasteiger partial charge in [-0.2, -0.15) is 0 Å². The molecule has 26 heavy (non-hydrogen) atoms. The minimum atomic E-state index is 0.0474. The minimum Gasteiger partial charge on any atom is -0.345 e. The predicted molar refractivity (Wildman–Crippen MR) is 101 cm³/mol. The molecule has 3 aromatic rings. The number of likely N-dealkylation sites (N-methyl/N-ethyl adjacent to an activating group) is 1. The summed E-state index contributed by atoms with van der Waals surface area (Å²) in [6.07, 6.45) is 9.07. The zero-order valence-electron chi connectivity index (χ0n) is 15.4. The van der Waals surface area contributed by atoms with Gasteiger partial charge in [0.05, 0.1) is 5.69 Å². The Balaban J connectivity index is 1.45. The first-order chi connectivity index (χ1) is 12.6. The van der Waals surface area contributed by atoms with Crippen molar-refractivity contribution in [2.45, 2.75) is 32.6 Å². The Morgan fingerprint density at radius 1 is 1.31 bits per heavy atom. The maximum atomic E-state index is 12.9. The lowest BCUT2D eigenvalue weighted by molar-refractivity contribution is -0.134. The number of hydrogen-bond donors (Lipinski definition) is 0. The van der Waals surface area contributed by atoms with Crippen molar-refractivity contribution in [1.29, 1.82) is 0 Å². The van der Waals surface area contributed by atoms with E-state index < -0.39 is 0 Å². The zero-order chi connectivity index (χ0) is 18.1. The SMILES string of the molecule is Cc1ccn2c3c(nc2c1)CCC(C(=O)N(C)CCc1ccncc1)C3. The molecule has 4 rings (SSSR count). The second kappa shape index (κ2) is 6.90. The predicted octanol–water partition coefficient (Wildman–Crippen LogP) is 2.84. The number of aryl methyl sites for hydroxylation is 2. The lowest BCUT2D eigenvalue weighted by Crippen LogP contribution is -2.37. The third-order valence-corrected chi connectivity index (χ3v) is 5.34. The van der Waals surface area contributed by atoms with E-state index in [-0.39, 0.29) is 11.8 Å². The van der Waals surface area contributed by atoms with Crippen LogP contribution < -0.4 is 0 Å². The molecule has 0 spiro atoms. The van der Waals surface area contributed by atoms with Crippen LogP contribution >= 0.6 is 0 Å². The van der Waals surface area contributed by atoms with Crippen molar-refractivity contribution in [2.75, 3.05) is 13.6 Å². The van der Waals surface area contributed by atoms with E-state index >= 15 is 0 Å². The Bertz CT molecular complexity index is 932. The van der Waals surface area contributed by atoms with Crippen molar-refractivity contribution >= 4 is 11.6 Å². The van der Waals surface area contributed by atoms with Gasteiger partial charge in [0.2, 0.25) is 5.91 Å². The van der Waals surface area contributed by atoms with E-state index in [9.17, 15) is 4.79 Å². The van der Waals surface area contributed by atoms with Crippen LogP contribution in [0.4, 0.5) is 0 Å². The number of nitrogens with zero attached hydrogens (tertiary/aromatic N) is 4. The summed E-state index contributed by atoms with van der Waals surface area (Å²) in [6, 6.07) is 8.22. The summed E-state index contributed by atoms with van der Waals surface area (Å²) in [4.78, 5) is 23.6. The number of aromatic nitrogens is 3. The quantitative estimate of drug-likeness (QED) is 0.728. The van der Waals surface area contributed by atoms with Gasteiger partial charge in [0.1, 0.15) is 5.65 Å². The summed E-state index contributed by atoms with van der Waals surface area (Å²) in [5.74, 6) is 0.290. The summed E-state index contributed by atoms with van der Waals surface area (Å²) in [7, 11) is 1.91. The summed E-state index contributed by atoms with van der Waals surface area (Å²) in [6.45, 7) is 2.82. The minimum absolute atomic E-state index is 0.0474. The van der Waals surface area contributed by atoms with E-state index in [2.05, 4.69) is 34.6 Å². The van der Waals surface area contributed by atoms with Crippen LogP contribution in [0.1, 0.15) is 28.9 Å². The van der Waals surface area contributed by atoms with Gasteiger partial charge in [-0.25, -0.2) is 4.98 Å². The molecule has 0 saturated carbocycles. The summed E-state index contributed by atoms with van der Waals surface area (Å²) < 4.78 is 2.15. The van der Waals surface area contributed by atoms with Gasteiger partial charge in [-0.3, -0.25) is 9.78 Å². The molecule has 0 fully saturated rings. The molecule has 0 radical (unpaired) electrons. The smallest absolute Gasteiger partial charge is 0.225 e. The molecule has 0 N–H and O–H groups in total. The monoisotopic (exact) mass is 348 g/mol. The lowest BCUT2D eigenvalue weighted by Gasteiger charge is -2.26. The maximum absolute atomic E-state index is 12.9. The summed E-state index contributed by atoms with van der Waals surface area (Å²) in [5.41, 5.74) is 5.77. The first-order valence-corrected chi connectivity index (χ1v) is 9.22. The number of carbonyl (C=O) groups excluding carboxylic acids is 1. The fourth-order valence-corrected chi connectivity index (χ4v) is 3.79. The second-order valence-corrected chi connectivity index (χ2v) is 7.24. The highest BCUT2D eigenvalue weighted by Crippen LogP contribution is 2.27. The number of fused-ring (bicyclic) bond motifs is 3. The third-order valence-electron chi connectivity index (χ3n) is 5.34. The van der Waals surface area contributed by atoms with Crippen molar-refractivity contribution in [1.82, 2.24) is 19.3 Å². The molecule has 0 saturated heterocycles. The van der Waals surface area contributed by atoms with Gasteiger partial charge < -0.3 is 9.30 Å². The van der Waals surface area contributed by atoms with Crippen LogP contribution in [0, 0.1) is 12.8 Å². The number of imidazole rings is 1. The maximum Gasteiger partial charge on any atom is 0.225 e. The molecule has 1 atom stereocenters. The van der Waals surface area contributed by atoms with E-state index in [4.69, 9.17) is 4.98 Å². The second-order valence-electron chi connectivity index (χ2n) is 7.24. The van der Waals surface area contributed by atoms with Crippen molar-refractivity contribution in [3.63, 3.8) is 0 Å². The molecule has 0 aromatic carbocycles. The highest BCUT2D eigenvalue weighted by atomic mass is 16.2. The van der Waals surface area contributed by atoms with E-state index in [0.717, 1.165) is 43.6 Å². The van der Waals surface area contributed by atoms with E-state index in [1.54, 1.807) is 12.4 Å². The van der Waals surface area contributed by atoms with Gasteiger partial charge in [0.25, 0.3) is 0 Å². The van der Waals surface area contributed by atoms with Gasteiger partial charge in [0.15, 0.2) is 0 Å². The number of amides is 1. The molecule has 5 nitrogen and oxygen atoms in total. The normalized spacial score (nSPS) is 16.5. The van der Waals surface area contributed by atoms with Crippen LogP contribution in [0.5, 0.6) is 0 Å². The Morgan fingerprint density at radius 2 is 2.12 bits per heavy atom. The Morgan fingerprint density at radius 3 is 2.92 bits per heavy atom. The molecule has 3 aromatic heterocycles. The molecular formula is C21H24N4O. The molecule has 0 bridgehead atoms. The van der Waals surface area contributed by atoms with Gasteiger partial charge in [-0.05, 0) is 61.6 Å². The Labute approximate surface area is 153 Å². The van der Waals surface area contributed by atoms with Crippen molar-refractivity contribution in [3.8, 4) is 0 Å². The molecule has 0 aliphatic heterocycles. The standard InChI is InChI=1S/C21H24N4O/c1-15-7-12-25-19-14-17(3-4-18(19)23-20(25)13-15)21(26)24(2)11-8-16-5-9-22-10-6-16/h5-7,9-10,12-13,17H,3-4,8,11,14H2,1-2H3. The third kappa shape index (κ3) is 3.21. The largest absolute Gasteiger partial charge is 0.345 e. The van der Waals surface area contributed by atoms with E-state index in [1.807, 2.05) is 24.1 Å². The average molecular weight is 348 g/mol. The Kier molecular flexibility index (Phi) is 4.45. The molecule has 5 heteroatoms. The highest BCUT2D eigenvalue weighted by molar-refractivity contribution is 5.79. The van der Waals surface area contributed by atoms with Crippen LogP contribution in [-0.2, 0) is 24.1 Å². The fraction of sp³-hybridized carbons (Fsp3) is 0.381. The molecule has 1 unspecified atom stereocenters. The van der Waals surface area contributed by atoms with Crippen molar-refractivity contribution in [3.05, 3.63) is 65.4 Å². The first kappa shape index (κ1) is 16.8. The molecule has 1 aliphatic rings. The fourth-order valence-electron chi connectivity index (χ4n) is 3.79. The number of hydrogen-bond acceptors (Lipinski definition) is 3.